The van der Waals surface area contributed by atoms with E-state index in [0.29, 0.717) is 26.2 Å². The predicted octanol–water partition coefficient (Wildman–Crippen LogP) is 4.57. The molecule has 5 rings (SSSR count). The Morgan fingerprint density at radius 2 is 1.77 bits per heavy atom. The first kappa shape index (κ1) is 34.9. The second-order valence-corrected chi connectivity index (χ2v) is 11.3. The molecule has 2 atom stereocenters. The zero-order valence-corrected chi connectivity index (χ0v) is 24.5. The second-order valence-electron chi connectivity index (χ2n) is 9.57. The van der Waals surface area contributed by atoms with Crippen LogP contribution < -0.4 is 0 Å². The normalized spacial score (nSPS) is 20.5. The SMILES string of the molecule is Cc1ncsc1CN1CC(c2cccnc2)C2(C1)OCCN(Cc1ccsc1)C2=O.O=C(O)C(F)(F)F.O=C(O)C(F)(F)F. The number of ether oxygens (including phenoxy) is 1. The van der Waals surface area contributed by atoms with Crippen LogP contribution in [0.25, 0.3) is 0 Å². The van der Waals surface area contributed by atoms with Gasteiger partial charge in [-0.05, 0) is 40.9 Å². The summed E-state index contributed by atoms with van der Waals surface area (Å²) in [5.41, 5.74) is 4.33. The fraction of sp³-hybridized carbons (Fsp3) is 0.423. The summed E-state index contributed by atoms with van der Waals surface area (Å²) < 4.78 is 69.8. The molecule has 0 radical (unpaired) electrons. The first-order chi connectivity index (χ1) is 20.5. The molecule has 10 nitrogen and oxygen atoms in total. The number of alkyl halides is 6. The number of carboxylic acid groups (broad SMARTS) is 2. The van der Waals surface area contributed by atoms with E-state index in [2.05, 4.69) is 37.8 Å². The van der Waals surface area contributed by atoms with Crippen LogP contribution in [0, 0.1) is 6.92 Å². The highest BCUT2D eigenvalue weighted by atomic mass is 32.1. The van der Waals surface area contributed by atoms with Crippen LogP contribution in [0.15, 0.2) is 46.9 Å². The standard InChI is InChI=1S/C22H24N4O2S2.2C2HF3O2/c1-16-20(30-15-24-16)12-25-11-19(18-3-2-5-23-9-18)22(14-25)21(27)26(6-7-28-22)10-17-4-8-29-13-17;2*3-2(4,5)1(6)7/h2-5,8-9,13,15,19H,6-7,10-12,14H2,1H3;2*(H,6,7). The van der Waals surface area contributed by atoms with E-state index in [-0.39, 0.29) is 11.8 Å². The molecule has 44 heavy (non-hydrogen) atoms. The molecule has 2 unspecified atom stereocenters. The number of thiazole rings is 1. The van der Waals surface area contributed by atoms with Crippen molar-refractivity contribution in [3.63, 3.8) is 0 Å². The van der Waals surface area contributed by atoms with Crippen molar-refractivity contribution in [3.8, 4) is 0 Å². The van der Waals surface area contributed by atoms with Gasteiger partial charge in [0, 0.05) is 55.9 Å². The third kappa shape index (κ3) is 8.96. The molecule has 2 aliphatic rings. The number of pyridine rings is 1. The molecule has 2 aliphatic heterocycles. The molecule has 0 bridgehead atoms. The number of halogens is 6. The van der Waals surface area contributed by atoms with Crippen molar-refractivity contribution in [1.82, 2.24) is 19.8 Å². The maximum absolute atomic E-state index is 13.8. The van der Waals surface area contributed by atoms with Crippen molar-refractivity contribution in [2.24, 2.45) is 0 Å². The molecule has 0 aromatic carbocycles. The summed E-state index contributed by atoms with van der Waals surface area (Å²) in [5.74, 6) is -5.46. The van der Waals surface area contributed by atoms with Gasteiger partial charge in [0.25, 0.3) is 5.91 Å². The number of thiophene rings is 1. The first-order valence-corrected chi connectivity index (χ1v) is 14.4. The van der Waals surface area contributed by atoms with Gasteiger partial charge in [0.2, 0.25) is 0 Å². The number of rotatable bonds is 5. The van der Waals surface area contributed by atoms with E-state index < -0.39 is 29.9 Å². The lowest BCUT2D eigenvalue weighted by atomic mass is 9.83. The minimum absolute atomic E-state index is 0.0443. The number of aliphatic carboxylic acids is 2. The number of morpholine rings is 1. The summed E-state index contributed by atoms with van der Waals surface area (Å²) in [6.45, 7) is 6.01. The van der Waals surface area contributed by atoms with Crippen molar-refractivity contribution < 1.29 is 55.7 Å². The highest BCUT2D eigenvalue weighted by Gasteiger charge is 2.57. The number of carbonyl (C=O) groups is 3. The Balaban J connectivity index is 0.000000317. The number of aryl methyl sites for hydroxylation is 1. The Morgan fingerprint density at radius 3 is 2.27 bits per heavy atom. The maximum atomic E-state index is 13.8. The third-order valence-corrected chi connectivity index (χ3v) is 8.22. The Bertz CT molecular complexity index is 1380. The molecular weight excluding hydrogens is 642 g/mol. The lowest BCUT2D eigenvalue weighted by Gasteiger charge is -2.42. The molecule has 0 aliphatic carbocycles. The van der Waals surface area contributed by atoms with Gasteiger partial charge in [0.1, 0.15) is 0 Å². The van der Waals surface area contributed by atoms with Gasteiger partial charge in [-0.1, -0.05) is 6.07 Å². The molecule has 1 spiro atoms. The zero-order valence-electron chi connectivity index (χ0n) is 22.8. The number of carboxylic acids is 2. The lowest BCUT2D eigenvalue weighted by molar-refractivity contribution is -0.193. The highest BCUT2D eigenvalue weighted by Crippen LogP contribution is 2.42. The third-order valence-electron chi connectivity index (χ3n) is 6.57. The molecule has 240 valence electrons. The van der Waals surface area contributed by atoms with Crippen LogP contribution in [0.4, 0.5) is 26.3 Å². The van der Waals surface area contributed by atoms with Gasteiger partial charge >= 0.3 is 24.3 Å². The van der Waals surface area contributed by atoms with Crippen LogP contribution in [0.3, 0.4) is 0 Å². The lowest BCUT2D eigenvalue weighted by Crippen LogP contribution is -2.59. The topological polar surface area (TPSA) is 133 Å². The molecule has 18 heteroatoms. The summed E-state index contributed by atoms with van der Waals surface area (Å²) in [5, 5.41) is 18.4. The zero-order chi connectivity index (χ0) is 32.7. The van der Waals surface area contributed by atoms with E-state index in [4.69, 9.17) is 24.5 Å². The van der Waals surface area contributed by atoms with Gasteiger partial charge in [0.05, 0.1) is 17.8 Å². The number of nitrogens with zero attached hydrogens (tertiary/aromatic N) is 4. The molecule has 1 amide bonds. The van der Waals surface area contributed by atoms with Crippen LogP contribution in [0.1, 0.15) is 27.6 Å². The van der Waals surface area contributed by atoms with Crippen molar-refractivity contribution >= 4 is 40.5 Å². The molecule has 3 aromatic heterocycles. The largest absolute Gasteiger partial charge is 0.490 e. The molecule has 2 N–H and O–H groups in total. The summed E-state index contributed by atoms with van der Waals surface area (Å²) >= 11 is 3.34. The van der Waals surface area contributed by atoms with Crippen molar-refractivity contribution in [3.05, 3.63) is 68.6 Å². The minimum Gasteiger partial charge on any atom is -0.475 e. The number of hydrogen-bond donors (Lipinski definition) is 2. The highest BCUT2D eigenvalue weighted by molar-refractivity contribution is 7.09. The Hall–Kier alpha value is -3.61. The molecule has 3 aromatic rings. The van der Waals surface area contributed by atoms with Crippen LogP contribution in [0.5, 0.6) is 0 Å². The fourth-order valence-electron chi connectivity index (χ4n) is 4.56. The van der Waals surface area contributed by atoms with Crippen molar-refractivity contribution in [2.45, 2.75) is 43.9 Å². The van der Waals surface area contributed by atoms with Gasteiger partial charge in [-0.3, -0.25) is 14.7 Å². The number of hydrogen-bond acceptors (Lipinski definition) is 9. The van der Waals surface area contributed by atoms with Crippen molar-refractivity contribution in [1.29, 1.82) is 0 Å². The van der Waals surface area contributed by atoms with E-state index in [9.17, 15) is 31.1 Å². The average molecular weight is 669 g/mol. The van der Waals surface area contributed by atoms with Gasteiger partial charge < -0.3 is 19.8 Å². The van der Waals surface area contributed by atoms with Crippen LogP contribution >= 0.6 is 22.7 Å². The predicted molar refractivity (Wildman–Crippen MR) is 145 cm³/mol. The fourth-order valence-corrected chi connectivity index (χ4v) is 6.03. The van der Waals surface area contributed by atoms with Crippen molar-refractivity contribution in [2.75, 3.05) is 26.2 Å². The summed E-state index contributed by atoms with van der Waals surface area (Å²) in [7, 11) is 0. The smallest absolute Gasteiger partial charge is 0.475 e. The van der Waals surface area contributed by atoms with E-state index in [1.54, 1.807) is 28.9 Å². The number of likely N-dealkylation sites (tertiary alicyclic amines) is 1. The van der Waals surface area contributed by atoms with Crippen LogP contribution in [0.2, 0.25) is 0 Å². The van der Waals surface area contributed by atoms with E-state index in [1.807, 2.05) is 29.6 Å². The Labute approximate surface area is 254 Å². The van der Waals surface area contributed by atoms with Gasteiger partial charge in [-0.25, -0.2) is 14.6 Å². The Kier molecular flexibility index (Phi) is 11.5. The van der Waals surface area contributed by atoms with Crippen LogP contribution in [-0.2, 0) is 32.2 Å². The maximum Gasteiger partial charge on any atom is 0.490 e. The summed E-state index contributed by atoms with van der Waals surface area (Å²) in [6.07, 6.45) is -6.52. The van der Waals surface area contributed by atoms with E-state index in [0.717, 1.165) is 24.3 Å². The Morgan fingerprint density at radius 1 is 1.11 bits per heavy atom. The number of aromatic nitrogens is 2. The van der Waals surface area contributed by atoms with E-state index in [1.165, 1.54) is 10.4 Å². The quantitative estimate of drug-likeness (QED) is 0.375. The molecule has 2 fully saturated rings. The van der Waals surface area contributed by atoms with Crippen LogP contribution in [-0.4, -0.2) is 92.0 Å². The van der Waals surface area contributed by atoms with Gasteiger partial charge in [-0.2, -0.15) is 37.7 Å². The second kappa shape index (κ2) is 14.4. The average Bonchev–Trinajstić information content (AvgIpc) is 3.69. The molecule has 0 saturated carbocycles. The summed E-state index contributed by atoms with van der Waals surface area (Å²) in [4.78, 5) is 45.9. The number of amides is 1. The first-order valence-electron chi connectivity index (χ1n) is 12.6. The summed E-state index contributed by atoms with van der Waals surface area (Å²) in [6, 6.07) is 6.09. The van der Waals surface area contributed by atoms with Gasteiger partial charge in [0.15, 0.2) is 5.60 Å². The monoisotopic (exact) mass is 668 g/mol. The molecular formula is C26H26F6N4O6S2. The number of carbonyl (C=O) groups excluding carboxylic acids is 1. The minimum atomic E-state index is -5.08. The molecule has 5 heterocycles. The van der Waals surface area contributed by atoms with E-state index >= 15 is 0 Å². The van der Waals surface area contributed by atoms with Gasteiger partial charge in [-0.15, -0.1) is 11.3 Å². The molecule has 2 saturated heterocycles.